The summed E-state index contributed by atoms with van der Waals surface area (Å²) >= 11 is 0. The highest BCUT2D eigenvalue weighted by atomic mass is 16.4. The van der Waals surface area contributed by atoms with Crippen LogP contribution in [0.4, 0.5) is 0 Å². The molecular weight excluding hydrogens is 242 g/mol. The second-order valence-corrected chi connectivity index (χ2v) is 5.12. The number of carboxylic acids is 1. The van der Waals surface area contributed by atoms with Gasteiger partial charge in [0.15, 0.2) is 0 Å². The first kappa shape index (κ1) is 15.2. The molecule has 0 radical (unpaired) electrons. The van der Waals surface area contributed by atoms with E-state index < -0.39 is 12.0 Å². The smallest absolute Gasteiger partial charge is 0.326 e. The van der Waals surface area contributed by atoms with E-state index in [4.69, 9.17) is 0 Å². The Morgan fingerprint density at radius 1 is 1.16 bits per heavy atom. The van der Waals surface area contributed by atoms with Crippen molar-refractivity contribution in [2.75, 3.05) is 0 Å². The molecule has 4 heteroatoms. The molecule has 1 aromatic rings. The van der Waals surface area contributed by atoms with E-state index in [0.29, 0.717) is 6.42 Å². The van der Waals surface area contributed by atoms with Crippen molar-refractivity contribution in [3.05, 3.63) is 35.9 Å². The zero-order valence-electron chi connectivity index (χ0n) is 11.6. The zero-order chi connectivity index (χ0) is 14.4. The van der Waals surface area contributed by atoms with Gasteiger partial charge >= 0.3 is 5.97 Å². The molecular formula is C15H21NO3. The Morgan fingerprint density at radius 2 is 1.74 bits per heavy atom. The van der Waals surface area contributed by atoms with Gasteiger partial charge in [0, 0.05) is 12.3 Å². The fourth-order valence-corrected chi connectivity index (χ4v) is 1.66. The third-order valence-corrected chi connectivity index (χ3v) is 3.31. The van der Waals surface area contributed by atoms with Crippen molar-refractivity contribution < 1.29 is 14.7 Å². The number of benzene rings is 1. The molecule has 0 aromatic heterocycles. The van der Waals surface area contributed by atoms with Gasteiger partial charge in [-0.2, -0.15) is 0 Å². The third-order valence-electron chi connectivity index (χ3n) is 3.31. The molecule has 0 aliphatic heterocycles. The number of hydrogen-bond donors (Lipinski definition) is 2. The van der Waals surface area contributed by atoms with Crippen molar-refractivity contribution in [1.82, 2.24) is 5.32 Å². The summed E-state index contributed by atoms with van der Waals surface area (Å²) in [6.45, 7) is 5.69. The quantitative estimate of drug-likeness (QED) is 0.826. The summed E-state index contributed by atoms with van der Waals surface area (Å²) in [7, 11) is 0. The summed E-state index contributed by atoms with van der Waals surface area (Å²) in [6.07, 6.45) is 0.298. The number of amides is 1. The molecule has 0 fully saturated rings. The number of rotatable bonds is 6. The van der Waals surface area contributed by atoms with Crippen LogP contribution in [0.25, 0.3) is 0 Å². The van der Waals surface area contributed by atoms with Gasteiger partial charge in [-0.25, -0.2) is 4.79 Å². The van der Waals surface area contributed by atoms with Gasteiger partial charge in [-0.1, -0.05) is 51.1 Å². The van der Waals surface area contributed by atoms with E-state index in [0.717, 1.165) is 5.56 Å². The summed E-state index contributed by atoms with van der Waals surface area (Å²) < 4.78 is 0. The Bertz CT molecular complexity index is 428. The molecule has 2 N–H and O–H groups in total. The highest BCUT2D eigenvalue weighted by molar-refractivity contribution is 5.85. The van der Waals surface area contributed by atoms with Gasteiger partial charge in [-0.3, -0.25) is 4.79 Å². The molecule has 2 atom stereocenters. The van der Waals surface area contributed by atoms with Crippen LogP contribution in [0.5, 0.6) is 0 Å². The Hall–Kier alpha value is -1.84. The molecule has 0 bridgehead atoms. The Morgan fingerprint density at radius 3 is 2.21 bits per heavy atom. The van der Waals surface area contributed by atoms with Crippen molar-refractivity contribution in [3.63, 3.8) is 0 Å². The largest absolute Gasteiger partial charge is 0.480 e. The molecule has 19 heavy (non-hydrogen) atoms. The molecule has 0 heterocycles. The Labute approximate surface area is 113 Å². The summed E-state index contributed by atoms with van der Waals surface area (Å²) in [4.78, 5) is 23.1. The summed E-state index contributed by atoms with van der Waals surface area (Å²) in [6, 6.07) is 8.41. The molecule has 104 valence electrons. The highest BCUT2D eigenvalue weighted by Gasteiger charge is 2.24. The van der Waals surface area contributed by atoms with Crippen LogP contribution in [-0.2, 0) is 16.0 Å². The minimum absolute atomic E-state index is 0.186. The van der Waals surface area contributed by atoms with Crippen molar-refractivity contribution in [2.45, 2.75) is 33.2 Å². The summed E-state index contributed by atoms with van der Waals surface area (Å²) in [5.41, 5.74) is 0.896. The lowest BCUT2D eigenvalue weighted by Crippen LogP contribution is -2.45. The van der Waals surface area contributed by atoms with E-state index in [-0.39, 0.29) is 17.7 Å². The minimum Gasteiger partial charge on any atom is -0.480 e. The molecule has 0 saturated carbocycles. The molecule has 1 rings (SSSR count). The number of carbonyl (C=O) groups excluding carboxylic acids is 1. The maximum Gasteiger partial charge on any atom is 0.326 e. The van der Waals surface area contributed by atoms with Crippen LogP contribution in [0.15, 0.2) is 30.3 Å². The number of aliphatic carboxylic acids is 1. The highest BCUT2D eigenvalue weighted by Crippen LogP contribution is 2.11. The summed E-state index contributed by atoms with van der Waals surface area (Å²) in [5, 5.41) is 11.8. The van der Waals surface area contributed by atoms with Crippen LogP contribution >= 0.6 is 0 Å². The standard InChI is InChI=1S/C15H21NO3/c1-10(2)11(3)14(17)16-13(15(18)19)9-12-7-5-4-6-8-12/h4-8,10-11,13H,9H2,1-3H3,(H,16,17)(H,18,19)/t11?,13-/m1/s1. The fraction of sp³-hybridized carbons (Fsp3) is 0.467. The van der Waals surface area contributed by atoms with Gasteiger partial charge in [0.25, 0.3) is 0 Å². The zero-order valence-corrected chi connectivity index (χ0v) is 11.6. The molecule has 0 saturated heterocycles. The number of hydrogen-bond acceptors (Lipinski definition) is 2. The average Bonchev–Trinajstić information content (AvgIpc) is 2.37. The van der Waals surface area contributed by atoms with E-state index in [2.05, 4.69) is 5.32 Å². The second kappa shape index (κ2) is 6.92. The predicted molar refractivity (Wildman–Crippen MR) is 73.7 cm³/mol. The Balaban J connectivity index is 2.69. The lowest BCUT2D eigenvalue weighted by Gasteiger charge is -2.20. The van der Waals surface area contributed by atoms with Gasteiger partial charge < -0.3 is 10.4 Å². The molecule has 1 unspecified atom stereocenters. The first-order valence-electron chi connectivity index (χ1n) is 6.49. The van der Waals surface area contributed by atoms with Crippen molar-refractivity contribution in [1.29, 1.82) is 0 Å². The normalized spacial score (nSPS) is 13.9. The van der Waals surface area contributed by atoms with Gasteiger partial charge in [0.2, 0.25) is 5.91 Å². The van der Waals surface area contributed by atoms with Gasteiger partial charge in [-0.15, -0.1) is 0 Å². The lowest BCUT2D eigenvalue weighted by atomic mass is 9.96. The lowest BCUT2D eigenvalue weighted by molar-refractivity contribution is -0.142. The van der Waals surface area contributed by atoms with Crippen LogP contribution in [0, 0.1) is 11.8 Å². The minimum atomic E-state index is -1.01. The van der Waals surface area contributed by atoms with Crippen molar-refractivity contribution in [2.24, 2.45) is 11.8 Å². The van der Waals surface area contributed by atoms with E-state index >= 15 is 0 Å². The van der Waals surface area contributed by atoms with Crippen LogP contribution in [0.2, 0.25) is 0 Å². The predicted octanol–water partition coefficient (Wildman–Crippen LogP) is 2.09. The maximum absolute atomic E-state index is 11.9. The van der Waals surface area contributed by atoms with E-state index in [1.54, 1.807) is 6.92 Å². The fourth-order valence-electron chi connectivity index (χ4n) is 1.66. The molecule has 0 spiro atoms. The van der Waals surface area contributed by atoms with E-state index in [1.807, 2.05) is 44.2 Å². The number of carbonyl (C=O) groups is 2. The van der Waals surface area contributed by atoms with E-state index in [9.17, 15) is 14.7 Å². The average molecular weight is 263 g/mol. The molecule has 1 amide bonds. The van der Waals surface area contributed by atoms with Crippen molar-refractivity contribution in [3.8, 4) is 0 Å². The number of carboxylic acid groups (broad SMARTS) is 1. The topological polar surface area (TPSA) is 66.4 Å². The van der Waals surface area contributed by atoms with E-state index in [1.165, 1.54) is 0 Å². The first-order valence-corrected chi connectivity index (χ1v) is 6.49. The van der Waals surface area contributed by atoms with Crippen LogP contribution in [-0.4, -0.2) is 23.0 Å². The molecule has 0 aliphatic carbocycles. The third kappa shape index (κ3) is 4.73. The molecule has 0 aliphatic rings. The second-order valence-electron chi connectivity index (χ2n) is 5.12. The Kier molecular flexibility index (Phi) is 5.55. The van der Waals surface area contributed by atoms with Crippen LogP contribution in [0.3, 0.4) is 0 Å². The van der Waals surface area contributed by atoms with Gasteiger partial charge in [0.05, 0.1) is 0 Å². The van der Waals surface area contributed by atoms with Gasteiger partial charge in [0.1, 0.15) is 6.04 Å². The van der Waals surface area contributed by atoms with Gasteiger partial charge in [-0.05, 0) is 11.5 Å². The summed E-state index contributed by atoms with van der Waals surface area (Å²) in [5.74, 6) is -1.23. The SMILES string of the molecule is CC(C)C(C)C(=O)N[C@H](Cc1ccccc1)C(=O)O. The number of nitrogens with one attached hydrogen (secondary N) is 1. The maximum atomic E-state index is 11.9. The van der Waals surface area contributed by atoms with Crippen LogP contribution in [0.1, 0.15) is 26.3 Å². The molecule has 1 aromatic carbocycles. The monoisotopic (exact) mass is 263 g/mol. The van der Waals surface area contributed by atoms with Crippen LogP contribution < -0.4 is 5.32 Å². The first-order chi connectivity index (χ1) is 8.91. The van der Waals surface area contributed by atoms with Crippen molar-refractivity contribution >= 4 is 11.9 Å². The molecule has 4 nitrogen and oxygen atoms in total.